The number of thiazole rings is 1. The Labute approximate surface area is 171 Å². The number of rotatable bonds is 4. The first kappa shape index (κ1) is 19.1. The highest BCUT2D eigenvalue weighted by Gasteiger charge is 2.28. The zero-order chi connectivity index (χ0) is 21.4. The van der Waals surface area contributed by atoms with Crippen molar-refractivity contribution in [3.63, 3.8) is 0 Å². The summed E-state index contributed by atoms with van der Waals surface area (Å²) in [4.78, 5) is 33.5. The molecule has 1 aliphatic rings. The van der Waals surface area contributed by atoms with Gasteiger partial charge in [0.1, 0.15) is 0 Å². The van der Waals surface area contributed by atoms with Gasteiger partial charge in [-0.05, 0) is 23.8 Å². The van der Waals surface area contributed by atoms with Crippen molar-refractivity contribution in [3.05, 3.63) is 78.4 Å². The number of amides is 1. The van der Waals surface area contributed by atoms with Crippen LogP contribution in [0.3, 0.4) is 0 Å². The van der Waals surface area contributed by atoms with Gasteiger partial charge in [0, 0.05) is 42.3 Å². The largest absolute Gasteiger partial charge is 0.320 e. The van der Waals surface area contributed by atoms with E-state index in [4.69, 9.17) is 0 Å². The molecule has 4 rings (SSSR count). The summed E-state index contributed by atoms with van der Waals surface area (Å²) in [6, 6.07) is 10.1. The molecule has 2 heterocycles. The van der Waals surface area contributed by atoms with E-state index < -0.39 is 15.8 Å². The summed E-state index contributed by atoms with van der Waals surface area (Å²) in [5.41, 5.74) is 2.09. The minimum Gasteiger partial charge on any atom is -0.320 e. The van der Waals surface area contributed by atoms with Crippen molar-refractivity contribution in [2.75, 3.05) is 5.32 Å². The van der Waals surface area contributed by atoms with Gasteiger partial charge in [-0.15, -0.1) is 21.5 Å². The molecule has 1 N–H and O–H groups in total. The molecule has 12 heteroatoms. The summed E-state index contributed by atoms with van der Waals surface area (Å²) >= 11 is 1.27. The summed E-state index contributed by atoms with van der Waals surface area (Å²) in [6.45, 7) is 0. The monoisotopic (exact) mass is 424 g/mol. The van der Waals surface area contributed by atoms with Gasteiger partial charge in [-0.3, -0.25) is 25.0 Å². The molecule has 11 nitrogen and oxygen atoms in total. The van der Waals surface area contributed by atoms with E-state index in [1.165, 1.54) is 41.7 Å². The van der Waals surface area contributed by atoms with E-state index in [1.807, 2.05) is 5.38 Å². The number of nitro benzene ring substituents is 2. The van der Waals surface area contributed by atoms with Crippen molar-refractivity contribution in [2.45, 2.75) is 0 Å². The third-order valence-electron chi connectivity index (χ3n) is 4.47. The van der Waals surface area contributed by atoms with Gasteiger partial charge in [0.05, 0.1) is 21.2 Å². The molecule has 0 bridgehead atoms. The minimum atomic E-state index is -0.548. The molecular weight excluding hydrogens is 412 g/mol. The van der Waals surface area contributed by atoms with Crippen molar-refractivity contribution < 1.29 is 14.6 Å². The van der Waals surface area contributed by atoms with Crippen molar-refractivity contribution in [3.8, 4) is 11.3 Å². The van der Waals surface area contributed by atoms with Gasteiger partial charge in [0.25, 0.3) is 17.3 Å². The molecule has 0 aliphatic carbocycles. The average Bonchev–Trinajstić information content (AvgIpc) is 3.24. The molecule has 1 aromatic heterocycles. The molecule has 0 radical (unpaired) electrons. The molecule has 0 saturated heterocycles. The lowest BCUT2D eigenvalue weighted by atomic mass is 10.1. The maximum Gasteiger partial charge on any atom is 0.276 e. The van der Waals surface area contributed by atoms with Crippen LogP contribution in [-0.4, -0.2) is 26.0 Å². The first-order valence-corrected chi connectivity index (χ1v) is 9.34. The van der Waals surface area contributed by atoms with Gasteiger partial charge in [-0.25, -0.2) is 0 Å². The van der Waals surface area contributed by atoms with E-state index >= 15 is 0 Å². The first-order valence-electron chi connectivity index (χ1n) is 8.46. The Balaban J connectivity index is 1.71. The predicted octanol–water partition coefficient (Wildman–Crippen LogP) is 2.83. The highest BCUT2D eigenvalue weighted by molar-refractivity contribution is 7.07. The third kappa shape index (κ3) is 3.35. The van der Waals surface area contributed by atoms with E-state index in [9.17, 15) is 25.0 Å². The van der Waals surface area contributed by atoms with Gasteiger partial charge < -0.3 is 9.88 Å². The standard InChI is InChI=1S/C18H12N6O5S/c1-22-15(10-2-4-11(5-3-10)23(26)27)9-30-18(22)21-20-16-13-8-12(24(28)29)6-7-14(13)19-17(16)25/h2-9H,1H3,(H,19,20,25)/b21-18+. The van der Waals surface area contributed by atoms with Gasteiger partial charge >= 0.3 is 0 Å². The predicted molar refractivity (Wildman–Crippen MR) is 109 cm³/mol. The molecule has 1 aliphatic heterocycles. The van der Waals surface area contributed by atoms with E-state index in [2.05, 4.69) is 15.5 Å². The number of non-ortho nitro benzene ring substituents is 2. The molecule has 3 aromatic rings. The number of benzene rings is 2. The van der Waals surface area contributed by atoms with Gasteiger partial charge in [-0.1, -0.05) is 0 Å². The van der Waals surface area contributed by atoms with Crippen LogP contribution < -0.4 is 10.1 Å². The van der Waals surface area contributed by atoms with Crippen LogP contribution in [0.4, 0.5) is 17.1 Å². The van der Waals surface area contributed by atoms with E-state index in [0.29, 0.717) is 16.1 Å². The topological polar surface area (TPSA) is 145 Å². The molecule has 0 spiro atoms. The van der Waals surface area contributed by atoms with Crippen LogP contribution >= 0.6 is 11.3 Å². The quantitative estimate of drug-likeness (QED) is 0.505. The lowest BCUT2D eigenvalue weighted by Crippen LogP contribution is -2.15. The number of nitro groups is 2. The summed E-state index contributed by atoms with van der Waals surface area (Å²) < 4.78 is 1.73. The lowest BCUT2D eigenvalue weighted by molar-refractivity contribution is -0.385. The van der Waals surface area contributed by atoms with E-state index in [1.54, 1.807) is 23.7 Å². The Hall–Kier alpha value is -4.19. The van der Waals surface area contributed by atoms with Crippen LogP contribution in [0.2, 0.25) is 0 Å². The summed E-state index contributed by atoms with van der Waals surface area (Å²) in [6.07, 6.45) is 0. The maximum absolute atomic E-state index is 12.2. The Morgan fingerprint density at radius 1 is 1.00 bits per heavy atom. The number of nitrogens with one attached hydrogen (secondary N) is 1. The molecule has 150 valence electrons. The second-order valence-corrected chi connectivity index (χ2v) is 7.09. The second kappa shape index (κ2) is 7.33. The molecule has 0 atom stereocenters. The fraction of sp³-hybridized carbons (Fsp3) is 0.0556. The summed E-state index contributed by atoms with van der Waals surface area (Å²) in [7, 11) is 1.75. The second-order valence-electron chi connectivity index (χ2n) is 6.26. The zero-order valence-electron chi connectivity index (χ0n) is 15.3. The number of anilines is 1. The number of carbonyl (C=O) groups excluding carboxylic acids is 1. The van der Waals surface area contributed by atoms with Crippen molar-refractivity contribution >= 4 is 40.0 Å². The van der Waals surface area contributed by atoms with E-state index in [0.717, 1.165) is 11.3 Å². The number of aromatic nitrogens is 1. The highest BCUT2D eigenvalue weighted by atomic mass is 32.1. The third-order valence-corrected chi connectivity index (χ3v) is 5.37. The Kier molecular flexibility index (Phi) is 4.68. The fourth-order valence-corrected chi connectivity index (χ4v) is 3.78. The molecule has 0 fully saturated rings. The Morgan fingerprint density at radius 3 is 2.33 bits per heavy atom. The minimum absolute atomic E-state index is 0.00653. The Morgan fingerprint density at radius 2 is 1.67 bits per heavy atom. The molecule has 1 amide bonds. The van der Waals surface area contributed by atoms with Crippen molar-refractivity contribution in [1.29, 1.82) is 0 Å². The maximum atomic E-state index is 12.2. The first-order chi connectivity index (χ1) is 14.3. The summed E-state index contributed by atoms with van der Waals surface area (Å²) in [5, 5.41) is 34.4. The number of fused-ring (bicyclic) bond motifs is 1. The van der Waals surface area contributed by atoms with Crippen LogP contribution in [0.15, 0.2) is 58.0 Å². The Bertz CT molecular complexity index is 1310. The number of nitrogens with zero attached hydrogens (tertiary/aromatic N) is 5. The molecule has 0 unspecified atom stereocenters. The molecule has 0 saturated carbocycles. The van der Waals surface area contributed by atoms with Crippen LogP contribution in [-0.2, 0) is 11.8 Å². The average molecular weight is 424 g/mol. The smallest absolute Gasteiger partial charge is 0.276 e. The molecular formula is C18H12N6O5S. The molecule has 2 aromatic carbocycles. The van der Waals surface area contributed by atoms with Crippen molar-refractivity contribution in [1.82, 2.24) is 4.57 Å². The fourth-order valence-electron chi connectivity index (χ4n) is 2.92. The SMILES string of the molecule is Cn1c(-c2ccc([N+](=O)[O-])cc2)cs/c1=N/N=C1\C(=O)Nc2ccc([N+](=O)[O-])cc21. The zero-order valence-corrected chi connectivity index (χ0v) is 16.1. The van der Waals surface area contributed by atoms with Crippen molar-refractivity contribution in [2.24, 2.45) is 17.3 Å². The van der Waals surface area contributed by atoms with Crippen LogP contribution in [0.5, 0.6) is 0 Å². The number of hydrogen-bond acceptors (Lipinski definition) is 8. The normalized spacial score (nSPS) is 14.6. The van der Waals surface area contributed by atoms with Crippen LogP contribution in [0, 0.1) is 20.2 Å². The summed E-state index contributed by atoms with van der Waals surface area (Å²) in [5.74, 6) is -0.496. The van der Waals surface area contributed by atoms with Gasteiger partial charge in [-0.2, -0.15) is 0 Å². The molecule has 30 heavy (non-hydrogen) atoms. The van der Waals surface area contributed by atoms with Crippen LogP contribution in [0.1, 0.15) is 5.56 Å². The van der Waals surface area contributed by atoms with Gasteiger partial charge in [0.2, 0.25) is 4.80 Å². The van der Waals surface area contributed by atoms with E-state index in [-0.39, 0.29) is 17.1 Å². The van der Waals surface area contributed by atoms with Crippen LogP contribution in [0.25, 0.3) is 11.3 Å². The van der Waals surface area contributed by atoms with Gasteiger partial charge in [0.15, 0.2) is 5.71 Å². The number of carbonyl (C=O) groups is 1. The lowest BCUT2D eigenvalue weighted by Gasteiger charge is -2.02. The highest BCUT2D eigenvalue weighted by Crippen LogP contribution is 2.28. The number of hydrogen-bond donors (Lipinski definition) is 1.